The first kappa shape index (κ1) is 11.2. The van der Waals surface area contributed by atoms with Gasteiger partial charge in [0.05, 0.1) is 37.4 Å². The maximum Gasteiger partial charge on any atom is 0.213 e. The third-order valence-electron chi connectivity index (χ3n) is 2.23. The molecular formula is C12H13N3O2. The summed E-state index contributed by atoms with van der Waals surface area (Å²) < 4.78 is 4.97. The summed E-state index contributed by atoms with van der Waals surface area (Å²) >= 11 is 0. The minimum absolute atomic E-state index is 0.167. The van der Waals surface area contributed by atoms with E-state index >= 15 is 0 Å². The Bertz CT molecular complexity index is 468. The van der Waals surface area contributed by atoms with Gasteiger partial charge in [-0.1, -0.05) is 0 Å². The lowest BCUT2D eigenvalue weighted by molar-refractivity contribution is 0.398. The van der Waals surface area contributed by atoms with Gasteiger partial charge in [0.15, 0.2) is 0 Å². The van der Waals surface area contributed by atoms with Crippen molar-refractivity contribution in [2.24, 2.45) is 0 Å². The Morgan fingerprint density at radius 3 is 2.65 bits per heavy atom. The number of methoxy groups -OCH3 is 1. The normalized spacial score (nSPS) is 9.94. The van der Waals surface area contributed by atoms with E-state index in [2.05, 4.69) is 15.3 Å². The predicted octanol–water partition coefficient (Wildman–Crippen LogP) is 1.80. The minimum atomic E-state index is 0.167. The van der Waals surface area contributed by atoms with Crippen molar-refractivity contribution in [1.29, 1.82) is 0 Å². The molecule has 0 saturated carbocycles. The van der Waals surface area contributed by atoms with E-state index in [4.69, 9.17) is 9.84 Å². The van der Waals surface area contributed by atoms with Crippen LogP contribution in [0.4, 0.5) is 5.69 Å². The van der Waals surface area contributed by atoms with E-state index in [1.165, 1.54) is 6.20 Å². The van der Waals surface area contributed by atoms with Crippen LogP contribution in [0, 0.1) is 0 Å². The number of anilines is 1. The quantitative estimate of drug-likeness (QED) is 0.839. The molecule has 0 saturated heterocycles. The van der Waals surface area contributed by atoms with E-state index in [0.29, 0.717) is 12.4 Å². The number of aromatic nitrogens is 2. The molecule has 0 atom stereocenters. The van der Waals surface area contributed by atoms with E-state index in [1.807, 2.05) is 6.07 Å². The summed E-state index contributed by atoms with van der Waals surface area (Å²) in [5, 5.41) is 12.3. The fraction of sp³-hybridized carbons (Fsp3) is 0.167. The van der Waals surface area contributed by atoms with E-state index in [-0.39, 0.29) is 5.75 Å². The van der Waals surface area contributed by atoms with Gasteiger partial charge < -0.3 is 15.2 Å². The van der Waals surface area contributed by atoms with Crippen molar-refractivity contribution in [2.75, 3.05) is 12.4 Å². The molecule has 2 N–H and O–H groups in total. The van der Waals surface area contributed by atoms with Gasteiger partial charge in [-0.25, -0.2) is 4.98 Å². The Morgan fingerprint density at radius 2 is 2.06 bits per heavy atom. The number of nitrogens with zero attached hydrogens (tertiary/aromatic N) is 2. The van der Waals surface area contributed by atoms with Crippen LogP contribution in [0.3, 0.4) is 0 Å². The zero-order chi connectivity index (χ0) is 12.1. The molecule has 2 aromatic rings. The molecule has 0 aromatic carbocycles. The summed E-state index contributed by atoms with van der Waals surface area (Å²) in [5.41, 5.74) is 1.74. The Kier molecular flexibility index (Phi) is 3.40. The van der Waals surface area contributed by atoms with Crippen molar-refractivity contribution in [2.45, 2.75) is 6.54 Å². The topological polar surface area (TPSA) is 67.3 Å². The molecule has 0 bridgehead atoms. The lowest BCUT2D eigenvalue weighted by atomic mass is 10.3. The minimum Gasteiger partial charge on any atom is -0.506 e. The Balaban J connectivity index is 1.95. The molecule has 0 spiro atoms. The third-order valence-corrected chi connectivity index (χ3v) is 2.23. The Labute approximate surface area is 99.1 Å². The molecule has 0 radical (unpaired) electrons. The fourth-order valence-corrected chi connectivity index (χ4v) is 1.32. The molecule has 88 valence electrons. The molecule has 0 aliphatic carbocycles. The maximum absolute atomic E-state index is 9.09. The number of hydrogen-bond acceptors (Lipinski definition) is 5. The van der Waals surface area contributed by atoms with Crippen LogP contribution in [-0.4, -0.2) is 22.2 Å². The van der Waals surface area contributed by atoms with Crippen molar-refractivity contribution in [3.05, 3.63) is 42.4 Å². The lowest BCUT2D eigenvalue weighted by Gasteiger charge is -2.06. The molecule has 2 rings (SSSR count). The summed E-state index contributed by atoms with van der Waals surface area (Å²) in [7, 11) is 1.58. The number of ether oxygens (including phenoxy) is 1. The van der Waals surface area contributed by atoms with Crippen LogP contribution in [0.25, 0.3) is 0 Å². The maximum atomic E-state index is 9.09. The molecule has 0 aliphatic rings. The zero-order valence-corrected chi connectivity index (χ0v) is 9.42. The Morgan fingerprint density at radius 1 is 1.18 bits per heavy atom. The molecule has 2 aromatic heterocycles. The van der Waals surface area contributed by atoms with Gasteiger partial charge in [0.2, 0.25) is 5.88 Å². The van der Waals surface area contributed by atoms with Crippen molar-refractivity contribution in [3.8, 4) is 11.6 Å². The summed E-state index contributed by atoms with van der Waals surface area (Å²) in [6, 6.07) is 7.04. The van der Waals surface area contributed by atoms with Crippen molar-refractivity contribution >= 4 is 5.69 Å². The van der Waals surface area contributed by atoms with E-state index in [9.17, 15) is 0 Å². The molecule has 0 unspecified atom stereocenters. The standard InChI is InChI=1S/C12H13N3O2/c1-17-12-5-3-10(7-15-12)13-6-9-2-4-11(16)8-14-9/h2-5,7-8,13,16H,6H2,1H3. The third kappa shape index (κ3) is 3.07. The van der Waals surface area contributed by atoms with Crippen LogP contribution < -0.4 is 10.1 Å². The van der Waals surface area contributed by atoms with Crippen molar-refractivity contribution in [1.82, 2.24) is 9.97 Å². The first-order valence-electron chi connectivity index (χ1n) is 5.16. The largest absolute Gasteiger partial charge is 0.506 e. The average Bonchev–Trinajstić information content (AvgIpc) is 2.39. The summed E-state index contributed by atoms with van der Waals surface area (Å²) in [4.78, 5) is 8.15. The second-order valence-electron chi connectivity index (χ2n) is 3.45. The highest BCUT2D eigenvalue weighted by atomic mass is 16.5. The smallest absolute Gasteiger partial charge is 0.213 e. The van der Waals surface area contributed by atoms with Gasteiger partial charge in [0.25, 0.3) is 0 Å². The van der Waals surface area contributed by atoms with Gasteiger partial charge in [0, 0.05) is 6.07 Å². The van der Waals surface area contributed by atoms with E-state index < -0.39 is 0 Å². The highest BCUT2D eigenvalue weighted by Gasteiger charge is 1.97. The molecule has 5 nitrogen and oxygen atoms in total. The van der Waals surface area contributed by atoms with Crippen LogP contribution in [-0.2, 0) is 6.54 Å². The first-order chi connectivity index (χ1) is 8.28. The summed E-state index contributed by atoms with van der Waals surface area (Å²) in [6.07, 6.45) is 3.11. The monoisotopic (exact) mass is 231 g/mol. The highest BCUT2D eigenvalue weighted by molar-refractivity contribution is 5.42. The lowest BCUT2D eigenvalue weighted by Crippen LogP contribution is -2.01. The number of aromatic hydroxyl groups is 1. The molecule has 0 amide bonds. The molecular weight excluding hydrogens is 218 g/mol. The molecule has 0 aliphatic heterocycles. The van der Waals surface area contributed by atoms with Crippen LogP contribution in [0.15, 0.2) is 36.7 Å². The van der Waals surface area contributed by atoms with Crippen LogP contribution in [0.2, 0.25) is 0 Å². The van der Waals surface area contributed by atoms with Gasteiger partial charge in [-0.05, 0) is 18.2 Å². The van der Waals surface area contributed by atoms with Crippen molar-refractivity contribution < 1.29 is 9.84 Å². The molecule has 17 heavy (non-hydrogen) atoms. The average molecular weight is 231 g/mol. The van der Waals surface area contributed by atoms with Crippen LogP contribution in [0.5, 0.6) is 11.6 Å². The highest BCUT2D eigenvalue weighted by Crippen LogP contribution is 2.12. The summed E-state index contributed by atoms with van der Waals surface area (Å²) in [5.74, 6) is 0.748. The van der Waals surface area contributed by atoms with Crippen LogP contribution in [0.1, 0.15) is 5.69 Å². The Hall–Kier alpha value is -2.30. The predicted molar refractivity (Wildman–Crippen MR) is 64.0 cm³/mol. The second-order valence-corrected chi connectivity index (χ2v) is 3.45. The van der Waals surface area contributed by atoms with Gasteiger partial charge in [0.1, 0.15) is 5.75 Å². The summed E-state index contributed by atoms with van der Waals surface area (Å²) in [6.45, 7) is 0.578. The molecule has 0 fully saturated rings. The number of hydrogen-bond donors (Lipinski definition) is 2. The van der Waals surface area contributed by atoms with Gasteiger partial charge in [-0.15, -0.1) is 0 Å². The zero-order valence-electron chi connectivity index (χ0n) is 9.42. The van der Waals surface area contributed by atoms with E-state index in [0.717, 1.165) is 11.4 Å². The SMILES string of the molecule is COc1ccc(NCc2ccc(O)cn2)cn1. The number of pyridine rings is 2. The first-order valence-corrected chi connectivity index (χ1v) is 5.16. The number of rotatable bonds is 4. The van der Waals surface area contributed by atoms with Gasteiger partial charge in [-0.3, -0.25) is 4.98 Å². The van der Waals surface area contributed by atoms with Gasteiger partial charge >= 0.3 is 0 Å². The van der Waals surface area contributed by atoms with Crippen LogP contribution >= 0.6 is 0 Å². The molecule has 2 heterocycles. The fourth-order valence-electron chi connectivity index (χ4n) is 1.32. The van der Waals surface area contributed by atoms with Gasteiger partial charge in [-0.2, -0.15) is 0 Å². The number of nitrogens with one attached hydrogen (secondary N) is 1. The molecule has 5 heteroatoms. The van der Waals surface area contributed by atoms with Crippen molar-refractivity contribution in [3.63, 3.8) is 0 Å². The van der Waals surface area contributed by atoms with E-state index in [1.54, 1.807) is 31.5 Å². The second kappa shape index (κ2) is 5.16.